The number of hydrogen-bond acceptors (Lipinski definition) is 6. The summed E-state index contributed by atoms with van der Waals surface area (Å²) >= 11 is 0. The molecule has 8 heteroatoms. The van der Waals surface area contributed by atoms with E-state index in [9.17, 15) is 8.78 Å². The first-order chi connectivity index (χ1) is 12.1. The number of benzene rings is 1. The number of hydrogen-bond donors (Lipinski definition) is 1. The lowest BCUT2D eigenvalue weighted by Gasteiger charge is -2.22. The van der Waals surface area contributed by atoms with Gasteiger partial charge >= 0.3 is 0 Å². The van der Waals surface area contributed by atoms with E-state index in [0.717, 1.165) is 5.69 Å². The molecule has 25 heavy (non-hydrogen) atoms. The highest BCUT2D eigenvalue weighted by atomic mass is 19.1. The SMILES string of the molecule is Cc1cc(CN2C[C@@H](F)C[C@H]2CNc2nc3ccc(F)cc3o2)on1. The van der Waals surface area contributed by atoms with E-state index in [0.29, 0.717) is 48.9 Å². The fraction of sp³-hybridized carbons (Fsp3) is 0.412. The Kier molecular flexibility index (Phi) is 4.12. The molecule has 0 amide bonds. The lowest BCUT2D eigenvalue weighted by Crippen LogP contribution is -2.34. The molecule has 0 unspecified atom stereocenters. The highest BCUT2D eigenvalue weighted by molar-refractivity contribution is 5.74. The minimum absolute atomic E-state index is 0.0212. The van der Waals surface area contributed by atoms with Gasteiger partial charge in [-0.3, -0.25) is 4.90 Å². The Morgan fingerprint density at radius 2 is 2.24 bits per heavy atom. The zero-order valence-electron chi connectivity index (χ0n) is 13.7. The number of fused-ring (bicyclic) bond motifs is 1. The fourth-order valence-corrected chi connectivity index (χ4v) is 3.20. The van der Waals surface area contributed by atoms with Crippen molar-refractivity contribution in [2.75, 3.05) is 18.4 Å². The molecule has 2 aromatic heterocycles. The lowest BCUT2D eigenvalue weighted by molar-refractivity contribution is 0.212. The van der Waals surface area contributed by atoms with Crippen molar-refractivity contribution in [3.8, 4) is 0 Å². The Morgan fingerprint density at radius 1 is 1.36 bits per heavy atom. The molecule has 132 valence electrons. The molecule has 4 rings (SSSR count). The van der Waals surface area contributed by atoms with E-state index in [1.165, 1.54) is 12.1 Å². The maximum absolute atomic E-state index is 13.9. The molecule has 0 radical (unpaired) electrons. The van der Waals surface area contributed by atoms with Crippen LogP contribution in [0.15, 0.2) is 33.2 Å². The van der Waals surface area contributed by atoms with Crippen LogP contribution in [-0.4, -0.2) is 40.3 Å². The Bertz CT molecular complexity index is 879. The number of nitrogens with one attached hydrogen (secondary N) is 1. The summed E-state index contributed by atoms with van der Waals surface area (Å²) in [5.41, 5.74) is 1.76. The zero-order chi connectivity index (χ0) is 17.4. The van der Waals surface area contributed by atoms with Gasteiger partial charge in [0, 0.05) is 31.3 Å². The highest BCUT2D eigenvalue weighted by Crippen LogP contribution is 2.24. The van der Waals surface area contributed by atoms with Crippen molar-refractivity contribution in [2.24, 2.45) is 0 Å². The largest absolute Gasteiger partial charge is 0.423 e. The number of alkyl halides is 1. The van der Waals surface area contributed by atoms with Crippen molar-refractivity contribution in [2.45, 2.75) is 32.1 Å². The number of anilines is 1. The van der Waals surface area contributed by atoms with Crippen molar-refractivity contribution in [3.05, 3.63) is 41.5 Å². The van der Waals surface area contributed by atoms with E-state index in [1.807, 2.05) is 17.9 Å². The van der Waals surface area contributed by atoms with E-state index in [-0.39, 0.29) is 11.9 Å². The molecule has 1 N–H and O–H groups in total. The molecule has 1 saturated heterocycles. The molecule has 6 nitrogen and oxygen atoms in total. The van der Waals surface area contributed by atoms with Crippen molar-refractivity contribution in [1.29, 1.82) is 0 Å². The number of aryl methyl sites for hydroxylation is 1. The monoisotopic (exact) mass is 348 g/mol. The van der Waals surface area contributed by atoms with E-state index in [4.69, 9.17) is 8.94 Å². The molecule has 3 heterocycles. The average molecular weight is 348 g/mol. The van der Waals surface area contributed by atoms with Gasteiger partial charge < -0.3 is 14.3 Å². The summed E-state index contributed by atoms with van der Waals surface area (Å²) in [5.74, 6) is 0.341. The van der Waals surface area contributed by atoms with Gasteiger partial charge in [0.2, 0.25) is 0 Å². The van der Waals surface area contributed by atoms with Crippen molar-refractivity contribution in [3.63, 3.8) is 0 Å². The average Bonchev–Trinajstić information content (AvgIpc) is 3.24. The van der Waals surface area contributed by atoms with Crippen LogP contribution in [0.1, 0.15) is 17.9 Å². The van der Waals surface area contributed by atoms with Gasteiger partial charge in [0.05, 0.1) is 12.2 Å². The fourth-order valence-electron chi connectivity index (χ4n) is 3.20. The van der Waals surface area contributed by atoms with E-state index in [2.05, 4.69) is 15.5 Å². The molecular formula is C17H18F2N4O2. The molecular weight excluding hydrogens is 330 g/mol. The second-order valence-corrected chi connectivity index (χ2v) is 6.36. The first-order valence-electron chi connectivity index (χ1n) is 8.17. The molecule has 0 spiro atoms. The molecule has 1 fully saturated rings. The predicted molar refractivity (Wildman–Crippen MR) is 87.4 cm³/mol. The Hall–Kier alpha value is -2.48. The first-order valence-corrected chi connectivity index (χ1v) is 8.17. The maximum Gasteiger partial charge on any atom is 0.295 e. The number of nitrogens with zero attached hydrogens (tertiary/aromatic N) is 3. The predicted octanol–water partition coefficient (Wildman–Crippen LogP) is 3.29. The highest BCUT2D eigenvalue weighted by Gasteiger charge is 2.32. The third kappa shape index (κ3) is 3.48. The molecule has 3 aromatic rings. The van der Waals surface area contributed by atoms with Gasteiger partial charge in [0.25, 0.3) is 6.01 Å². The minimum atomic E-state index is -0.881. The topological polar surface area (TPSA) is 67.3 Å². The first kappa shape index (κ1) is 16.0. The van der Waals surface area contributed by atoms with Gasteiger partial charge in [-0.2, -0.15) is 4.98 Å². The molecule has 1 aliphatic heterocycles. The summed E-state index contributed by atoms with van der Waals surface area (Å²) in [7, 11) is 0. The molecule has 1 aliphatic rings. The number of likely N-dealkylation sites (tertiary alicyclic amines) is 1. The number of rotatable bonds is 5. The quantitative estimate of drug-likeness (QED) is 0.763. The van der Waals surface area contributed by atoms with E-state index >= 15 is 0 Å². The maximum atomic E-state index is 13.9. The van der Waals surface area contributed by atoms with Crippen molar-refractivity contribution < 1.29 is 17.7 Å². The van der Waals surface area contributed by atoms with Crippen LogP contribution in [0.25, 0.3) is 11.1 Å². The van der Waals surface area contributed by atoms with Crippen LogP contribution < -0.4 is 5.32 Å². The Balaban J connectivity index is 1.42. The van der Waals surface area contributed by atoms with Crippen LogP contribution in [0.4, 0.5) is 14.8 Å². The summed E-state index contributed by atoms with van der Waals surface area (Å²) in [6, 6.07) is 6.32. The summed E-state index contributed by atoms with van der Waals surface area (Å²) in [6.07, 6.45) is -0.455. The van der Waals surface area contributed by atoms with Gasteiger partial charge in [-0.15, -0.1) is 0 Å². The van der Waals surface area contributed by atoms with Crippen molar-refractivity contribution in [1.82, 2.24) is 15.0 Å². The van der Waals surface area contributed by atoms with Gasteiger partial charge in [0.15, 0.2) is 11.3 Å². The Morgan fingerprint density at radius 3 is 3.04 bits per heavy atom. The molecule has 0 saturated carbocycles. The van der Waals surface area contributed by atoms with Gasteiger partial charge in [-0.1, -0.05) is 5.16 Å². The smallest absolute Gasteiger partial charge is 0.295 e. The van der Waals surface area contributed by atoms with Crippen LogP contribution in [-0.2, 0) is 6.54 Å². The van der Waals surface area contributed by atoms with Crippen LogP contribution >= 0.6 is 0 Å². The number of halogens is 2. The number of oxazole rings is 1. The zero-order valence-corrected chi connectivity index (χ0v) is 13.7. The van der Waals surface area contributed by atoms with Crippen LogP contribution in [0.2, 0.25) is 0 Å². The third-order valence-corrected chi connectivity index (χ3v) is 4.35. The van der Waals surface area contributed by atoms with Crippen LogP contribution in [0, 0.1) is 12.7 Å². The Labute approximate surface area is 142 Å². The van der Waals surface area contributed by atoms with E-state index < -0.39 is 6.17 Å². The van der Waals surface area contributed by atoms with Gasteiger partial charge in [-0.25, -0.2) is 8.78 Å². The van der Waals surface area contributed by atoms with Gasteiger partial charge in [-0.05, 0) is 25.5 Å². The van der Waals surface area contributed by atoms with Crippen molar-refractivity contribution >= 4 is 17.1 Å². The second kappa shape index (κ2) is 6.44. The van der Waals surface area contributed by atoms with Crippen LogP contribution in [0.5, 0.6) is 0 Å². The summed E-state index contributed by atoms with van der Waals surface area (Å²) in [6.45, 7) is 3.18. The molecule has 1 aromatic carbocycles. The van der Waals surface area contributed by atoms with Crippen LogP contribution in [0.3, 0.4) is 0 Å². The summed E-state index contributed by atoms with van der Waals surface area (Å²) < 4.78 is 37.8. The van der Waals surface area contributed by atoms with E-state index in [1.54, 1.807) is 6.07 Å². The molecule has 0 aliphatic carbocycles. The normalized spacial score (nSPS) is 21.2. The lowest BCUT2D eigenvalue weighted by atomic mass is 10.2. The molecule has 0 bridgehead atoms. The number of aromatic nitrogens is 2. The summed E-state index contributed by atoms with van der Waals surface area (Å²) in [5, 5.41) is 6.94. The minimum Gasteiger partial charge on any atom is -0.423 e. The summed E-state index contributed by atoms with van der Waals surface area (Å²) in [4.78, 5) is 6.27. The molecule has 2 atom stereocenters. The van der Waals surface area contributed by atoms with Gasteiger partial charge in [0.1, 0.15) is 17.5 Å². The second-order valence-electron chi connectivity index (χ2n) is 6.36. The third-order valence-electron chi connectivity index (χ3n) is 4.35. The standard InChI is InChI=1S/C17H18F2N4O2/c1-10-4-14(25-22-10)9-23-8-12(19)5-13(23)7-20-17-21-15-3-2-11(18)6-16(15)24-17/h2-4,6,12-13H,5,7-9H2,1H3,(H,20,21)/t12-,13-/m0/s1.